The maximum atomic E-state index is 3.24. The van der Waals surface area contributed by atoms with Crippen LogP contribution in [0, 0.1) is 6.54 Å². The average molecular weight is 164 g/mol. The first-order chi connectivity index (χ1) is 2.89. The molecule has 1 heterocycles. The Labute approximate surface area is 49.4 Å². The highest BCUT2D eigenvalue weighted by Gasteiger charge is 1.97. The Kier molecular flexibility index (Phi) is 1.56. The Morgan fingerprint density at radius 2 is 2.83 bits per heavy atom. The first-order valence-corrected chi connectivity index (χ1v) is 3.03. The molecule has 0 unspecified atom stereocenters. The molecule has 0 fully saturated rings. The molecular weight excluding hydrogens is 162 g/mol. The quantitative estimate of drug-likeness (QED) is 0.544. The van der Waals surface area contributed by atoms with Gasteiger partial charge in [-0.1, -0.05) is 0 Å². The van der Waals surface area contributed by atoms with E-state index in [9.17, 15) is 0 Å². The highest BCUT2D eigenvalue weighted by molar-refractivity contribution is 9.14. The van der Waals surface area contributed by atoms with Crippen molar-refractivity contribution in [3.63, 3.8) is 0 Å². The van der Waals surface area contributed by atoms with Gasteiger partial charge in [0.25, 0.3) is 0 Å². The Balaban J connectivity index is 2.45. The zero-order valence-corrected chi connectivity index (χ0v) is 5.27. The molecule has 0 aromatic heterocycles. The predicted molar refractivity (Wildman–Crippen MR) is 31.0 cm³/mol. The van der Waals surface area contributed by atoms with Gasteiger partial charge in [-0.2, -0.15) is 0 Å². The second-order valence-corrected chi connectivity index (χ2v) is 3.02. The molecule has 1 nitrogen and oxygen atoms in total. The lowest BCUT2D eigenvalue weighted by atomic mass is 10.7. The first kappa shape index (κ1) is 4.68. The van der Waals surface area contributed by atoms with Crippen LogP contribution >= 0.6 is 27.9 Å². The number of nitrogens with one attached hydrogen (secondary N) is 1. The fourth-order valence-electron chi connectivity index (χ4n) is 0.194. The number of hydrogen-bond acceptors (Lipinski definition) is 2. The molecule has 0 aliphatic carbocycles. The summed E-state index contributed by atoms with van der Waals surface area (Å²) in [6, 6.07) is 0. The molecule has 3 heteroatoms. The van der Waals surface area contributed by atoms with E-state index in [1.165, 1.54) is 11.9 Å². The maximum absolute atomic E-state index is 3.24. The number of halogens is 1. The van der Waals surface area contributed by atoms with Crippen molar-refractivity contribution in [2.24, 2.45) is 0 Å². The van der Waals surface area contributed by atoms with E-state index in [-0.39, 0.29) is 0 Å². The first-order valence-electron chi connectivity index (χ1n) is 1.42. The molecule has 0 atom stereocenters. The normalized spacial score (nSPS) is 21.2. The second-order valence-electron chi connectivity index (χ2n) is 0.797. The van der Waals surface area contributed by atoms with Gasteiger partial charge in [0.15, 0.2) is 0 Å². The van der Waals surface area contributed by atoms with Gasteiger partial charge in [0.2, 0.25) is 0 Å². The molecule has 1 rings (SSSR count). The van der Waals surface area contributed by atoms with Crippen LogP contribution in [0.25, 0.3) is 0 Å². The Bertz CT molecular complexity index is 80.9. The molecular formula is C3H2BrNS. The highest BCUT2D eigenvalue weighted by atomic mass is 79.9. The minimum absolute atomic E-state index is 1.09. The van der Waals surface area contributed by atoms with E-state index in [2.05, 4.69) is 27.2 Å². The van der Waals surface area contributed by atoms with Gasteiger partial charge < -0.3 is 0 Å². The molecule has 1 N–H and O–H groups in total. The van der Waals surface area contributed by atoms with Crippen LogP contribution in [-0.4, -0.2) is 0 Å². The second kappa shape index (κ2) is 2.00. The van der Waals surface area contributed by atoms with Crippen LogP contribution in [0.15, 0.2) is 9.89 Å². The standard InChI is InChI=1S/C3H2BrNS/c4-3-1-2-5-6-3/h1,5H. The van der Waals surface area contributed by atoms with Gasteiger partial charge in [-0.3, -0.25) is 0 Å². The van der Waals surface area contributed by atoms with Crippen LogP contribution in [0.1, 0.15) is 0 Å². The summed E-state index contributed by atoms with van der Waals surface area (Å²) in [5, 5.41) is 0. The van der Waals surface area contributed by atoms with Crippen LogP contribution in [0.2, 0.25) is 0 Å². The van der Waals surface area contributed by atoms with E-state index >= 15 is 0 Å². The molecule has 0 saturated heterocycles. The van der Waals surface area contributed by atoms with E-state index in [1.807, 2.05) is 6.08 Å². The minimum atomic E-state index is 1.09. The van der Waals surface area contributed by atoms with Crippen molar-refractivity contribution in [3.8, 4) is 0 Å². The fraction of sp³-hybridized carbons (Fsp3) is 0. The summed E-state index contributed by atoms with van der Waals surface area (Å²) in [5.74, 6) is 0. The molecule has 32 valence electrons. The maximum Gasteiger partial charge on any atom is 0.0981 e. The molecule has 0 aromatic carbocycles. The van der Waals surface area contributed by atoms with Gasteiger partial charge in [-0.25, -0.2) is 4.72 Å². The van der Waals surface area contributed by atoms with E-state index in [1.54, 1.807) is 0 Å². The van der Waals surface area contributed by atoms with Crippen LogP contribution in [0.5, 0.6) is 0 Å². The summed E-state index contributed by atoms with van der Waals surface area (Å²) in [6.07, 6.45) is 1.84. The summed E-state index contributed by atoms with van der Waals surface area (Å²) in [7, 11) is 0. The lowest BCUT2D eigenvalue weighted by Crippen LogP contribution is -1.84. The van der Waals surface area contributed by atoms with Crippen molar-refractivity contribution in [1.82, 2.24) is 4.72 Å². The van der Waals surface area contributed by atoms with Gasteiger partial charge in [0, 0.05) is 0 Å². The third kappa shape index (κ3) is 0.996. The predicted octanol–water partition coefficient (Wildman–Crippen LogP) is 1.51. The Morgan fingerprint density at radius 3 is 3.00 bits per heavy atom. The minimum Gasteiger partial charge on any atom is -0.245 e. The smallest absolute Gasteiger partial charge is 0.0981 e. The van der Waals surface area contributed by atoms with Crippen LogP contribution in [0.4, 0.5) is 0 Å². The topological polar surface area (TPSA) is 12.0 Å². The van der Waals surface area contributed by atoms with Gasteiger partial charge in [-0.05, 0) is 34.0 Å². The lowest BCUT2D eigenvalue weighted by Gasteiger charge is -1.79. The molecule has 1 aliphatic heterocycles. The molecule has 6 heavy (non-hydrogen) atoms. The van der Waals surface area contributed by atoms with Crippen molar-refractivity contribution in [3.05, 3.63) is 16.4 Å². The monoisotopic (exact) mass is 163 g/mol. The molecule has 0 bridgehead atoms. The largest absolute Gasteiger partial charge is 0.245 e. The van der Waals surface area contributed by atoms with Gasteiger partial charge in [-0.15, -0.1) is 0 Å². The van der Waals surface area contributed by atoms with Crippen LogP contribution < -0.4 is 4.72 Å². The van der Waals surface area contributed by atoms with E-state index in [0.29, 0.717) is 0 Å². The third-order valence-corrected chi connectivity index (χ3v) is 1.64. The molecule has 0 spiro atoms. The zero-order chi connectivity index (χ0) is 4.41. The van der Waals surface area contributed by atoms with Crippen LogP contribution in [-0.2, 0) is 0 Å². The molecule has 1 aliphatic rings. The van der Waals surface area contributed by atoms with E-state index in [0.717, 1.165) is 3.81 Å². The summed E-state index contributed by atoms with van der Waals surface area (Å²) in [4.78, 5) is 0. The summed E-state index contributed by atoms with van der Waals surface area (Å²) >= 11 is 4.75. The van der Waals surface area contributed by atoms with E-state index < -0.39 is 0 Å². The van der Waals surface area contributed by atoms with Gasteiger partial charge in [0.05, 0.1) is 10.4 Å². The average Bonchev–Trinajstić information content (AvgIpc) is 1.86. The number of rotatable bonds is 0. The van der Waals surface area contributed by atoms with Crippen molar-refractivity contribution in [2.75, 3.05) is 0 Å². The molecule has 0 aromatic rings. The highest BCUT2D eigenvalue weighted by Crippen LogP contribution is 2.23. The molecule has 0 amide bonds. The van der Waals surface area contributed by atoms with Crippen molar-refractivity contribution < 1.29 is 0 Å². The van der Waals surface area contributed by atoms with Crippen LogP contribution in [0.3, 0.4) is 0 Å². The number of hydrogen-bond donors (Lipinski definition) is 1. The van der Waals surface area contributed by atoms with Gasteiger partial charge >= 0.3 is 0 Å². The summed E-state index contributed by atoms with van der Waals surface area (Å²) in [5.41, 5.74) is 0. The van der Waals surface area contributed by atoms with Crippen molar-refractivity contribution >= 4 is 27.9 Å². The third-order valence-electron chi connectivity index (χ3n) is 0.393. The summed E-state index contributed by atoms with van der Waals surface area (Å²) in [6.45, 7) is 2.78. The van der Waals surface area contributed by atoms with E-state index in [4.69, 9.17) is 0 Å². The van der Waals surface area contributed by atoms with Crippen molar-refractivity contribution in [2.45, 2.75) is 0 Å². The fourth-order valence-corrected chi connectivity index (χ4v) is 0.884. The lowest BCUT2D eigenvalue weighted by molar-refractivity contribution is 1.33. The zero-order valence-electron chi connectivity index (χ0n) is 2.86. The van der Waals surface area contributed by atoms with Gasteiger partial charge in [0.1, 0.15) is 0 Å². The van der Waals surface area contributed by atoms with Crippen molar-refractivity contribution in [1.29, 1.82) is 0 Å². The molecule has 0 saturated carbocycles. The summed E-state index contributed by atoms with van der Waals surface area (Å²) < 4.78 is 3.88. The molecule has 2 radical (unpaired) electrons. The Morgan fingerprint density at radius 1 is 2.00 bits per heavy atom. The SMILES string of the molecule is BrC1=C[C]NS1. The Hall–Kier alpha value is 0.530.